The molecule has 94 valence electrons. The van der Waals surface area contributed by atoms with E-state index in [4.69, 9.17) is 10.5 Å². The predicted octanol–water partition coefficient (Wildman–Crippen LogP) is 3.78. The molecule has 0 spiro atoms. The summed E-state index contributed by atoms with van der Waals surface area (Å²) < 4.78 is 31.7. The number of rotatable bonds is 3. The highest BCUT2D eigenvalue weighted by atomic mass is 19.2. The summed E-state index contributed by atoms with van der Waals surface area (Å²) in [4.78, 5) is 0. The van der Waals surface area contributed by atoms with E-state index in [2.05, 4.69) is 0 Å². The number of hydrogen-bond acceptors (Lipinski definition) is 2. The summed E-state index contributed by atoms with van der Waals surface area (Å²) in [5.74, 6) is -1.65. The van der Waals surface area contributed by atoms with E-state index in [1.807, 2.05) is 13.0 Å². The third kappa shape index (κ3) is 2.65. The molecule has 0 saturated carbocycles. The molecule has 0 bridgehead atoms. The van der Waals surface area contributed by atoms with E-state index >= 15 is 0 Å². The van der Waals surface area contributed by atoms with Crippen molar-refractivity contribution in [2.24, 2.45) is 5.73 Å². The third-order valence-electron chi connectivity index (χ3n) is 2.53. The molecule has 4 heteroatoms. The van der Waals surface area contributed by atoms with Gasteiger partial charge in [0.1, 0.15) is 5.75 Å². The number of hydrogen-bond donors (Lipinski definition) is 1. The standard InChI is InChI=1S/C14H13F2NO/c1-9(17)10-4-2-5-11(8-10)18-13-7-3-6-12(15)14(13)16/h2-9H,17H2,1H3. The van der Waals surface area contributed by atoms with E-state index < -0.39 is 11.6 Å². The van der Waals surface area contributed by atoms with E-state index in [0.717, 1.165) is 11.6 Å². The molecule has 0 saturated heterocycles. The number of ether oxygens (including phenoxy) is 1. The molecule has 2 rings (SSSR count). The van der Waals surface area contributed by atoms with Crippen molar-refractivity contribution in [3.63, 3.8) is 0 Å². The van der Waals surface area contributed by atoms with Gasteiger partial charge in [0.05, 0.1) is 0 Å². The highest BCUT2D eigenvalue weighted by Crippen LogP contribution is 2.27. The van der Waals surface area contributed by atoms with Crippen LogP contribution >= 0.6 is 0 Å². The van der Waals surface area contributed by atoms with Crippen molar-refractivity contribution >= 4 is 0 Å². The minimum atomic E-state index is -0.997. The SMILES string of the molecule is CC(N)c1cccc(Oc2cccc(F)c2F)c1. The second-order valence-corrected chi connectivity index (χ2v) is 4.02. The first kappa shape index (κ1) is 12.5. The molecule has 2 aromatic carbocycles. The second kappa shape index (κ2) is 5.14. The van der Waals surface area contributed by atoms with Crippen LogP contribution in [0.2, 0.25) is 0 Å². The van der Waals surface area contributed by atoms with Crippen molar-refractivity contribution in [1.29, 1.82) is 0 Å². The van der Waals surface area contributed by atoms with E-state index in [9.17, 15) is 8.78 Å². The van der Waals surface area contributed by atoms with Gasteiger partial charge in [-0.05, 0) is 36.8 Å². The Hall–Kier alpha value is -1.94. The van der Waals surface area contributed by atoms with Crippen LogP contribution in [0.5, 0.6) is 11.5 Å². The van der Waals surface area contributed by atoms with Gasteiger partial charge in [-0.1, -0.05) is 18.2 Å². The summed E-state index contributed by atoms with van der Waals surface area (Å²) >= 11 is 0. The van der Waals surface area contributed by atoms with Crippen LogP contribution in [0.3, 0.4) is 0 Å². The molecule has 2 aromatic rings. The van der Waals surface area contributed by atoms with Crippen LogP contribution < -0.4 is 10.5 Å². The van der Waals surface area contributed by atoms with Crippen LogP contribution in [-0.2, 0) is 0 Å². The van der Waals surface area contributed by atoms with Gasteiger partial charge in [-0.15, -0.1) is 0 Å². The molecule has 0 fully saturated rings. The Morgan fingerprint density at radius 1 is 1.11 bits per heavy atom. The van der Waals surface area contributed by atoms with Gasteiger partial charge in [-0.3, -0.25) is 0 Å². The molecule has 18 heavy (non-hydrogen) atoms. The fraction of sp³-hybridized carbons (Fsp3) is 0.143. The second-order valence-electron chi connectivity index (χ2n) is 4.02. The van der Waals surface area contributed by atoms with Crippen LogP contribution in [0, 0.1) is 11.6 Å². The minimum Gasteiger partial charge on any atom is -0.454 e. The molecule has 0 amide bonds. The Labute approximate surface area is 104 Å². The van der Waals surface area contributed by atoms with Crippen LogP contribution in [0.15, 0.2) is 42.5 Å². The normalized spacial score (nSPS) is 12.2. The fourth-order valence-electron chi connectivity index (χ4n) is 1.55. The maximum Gasteiger partial charge on any atom is 0.201 e. The van der Waals surface area contributed by atoms with Crippen molar-refractivity contribution < 1.29 is 13.5 Å². The monoisotopic (exact) mass is 249 g/mol. The molecule has 0 aliphatic carbocycles. The Morgan fingerprint density at radius 2 is 1.83 bits per heavy atom. The lowest BCUT2D eigenvalue weighted by Gasteiger charge is -2.10. The number of halogens is 2. The molecule has 2 N–H and O–H groups in total. The molecule has 0 aromatic heterocycles. The summed E-state index contributed by atoms with van der Waals surface area (Å²) in [6, 6.07) is 10.6. The quantitative estimate of drug-likeness (QED) is 0.898. The smallest absolute Gasteiger partial charge is 0.201 e. The summed E-state index contributed by atoms with van der Waals surface area (Å²) in [5.41, 5.74) is 6.61. The largest absolute Gasteiger partial charge is 0.454 e. The molecule has 0 aliphatic heterocycles. The van der Waals surface area contributed by atoms with Crippen LogP contribution in [0.4, 0.5) is 8.78 Å². The first-order chi connectivity index (χ1) is 8.58. The van der Waals surface area contributed by atoms with E-state index in [0.29, 0.717) is 5.75 Å². The minimum absolute atomic E-state index is 0.142. The first-order valence-electron chi connectivity index (χ1n) is 5.55. The van der Waals surface area contributed by atoms with Gasteiger partial charge in [-0.2, -0.15) is 4.39 Å². The van der Waals surface area contributed by atoms with Crippen molar-refractivity contribution in [3.05, 3.63) is 59.7 Å². The Balaban J connectivity index is 2.28. The van der Waals surface area contributed by atoms with Crippen LogP contribution in [0.1, 0.15) is 18.5 Å². The summed E-state index contributed by atoms with van der Waals surface area (Å²) in [6.07, 6.45) is 0. The van der Waals surface area contributed by atoms with Crippen LogP contribution in [0.25, 0.3) is 0 Å². The Morgan fingerprint density at radius 3 is 2.56 bits per heavy atom. The predicted molar refractivity (Wildman–Crippen MR) is 65.5 cm³/mol. The van der Waals surface area contributed by atoms with E-state index in [-0.39, 0.29) is 11.8 Å². The molecule has 1 unspecified atom stereocenters. The van der Waals surface area contributed by atoms with Gasteiger partial charge in [0.25, 0.3) is 0 Å². The molecular formula is C14H13F2NO. The van der Waals surface area contributed by atoms with Crippen molar-refractivity contribution in [2.45, 2.75) is 13.0 Å². The molecule has 2 nitrogen and oxygen atoms in total. The lowest BCUT2D eigenvalue weighted by molar-refractivity contribution is 0.415. The molecule has 0 radical (unpaired) electrons. The van der Waals surface area contributed by atoms with Crippen molar-refractivity contribution in [3.8, 4) is 11.5 Å². The van der Waals surface area contributed by atoms with Gasteiger partial charge < -0.3 is 10.5 Å². The first-order valence-corrected chi connectivity index (χ1v) is 5.55. The fourth-order valence-corrected chi connectivity index (χ4v) is 1.55. The molecule has 0 aliphatic rings. The zero-order chi connectivity index (χ0) is 13.1. The highest BCUT2D eigenvalue weighted by Gasteiger charge is 2.10. The topological polar surface area (TPSA) is 35.2 Å². The van der Waals surface area contributed by atoms with Gasteiger partial charge in [-0.25, -0.2) is 4.39 Å². The maximum absolute atomic E-state index is 13.4. The van der Waals surface area contributed by atoms with E-state index in [1.54, 1.807) is 18.2 Å². The molecule has 1 atom stereocenters. The summed E-state index contributed by atoms with van der Waals surface area (Å²) in [7, 11) is 0. The van der Waals surface area contributed by atoms with Gasteiger partial charge in [0.15, 0.2) is 11.6 Å². The number of nitrogens with two attached hydrogens (primary N) is 1. The Bertz CT molecular complexity index is 555. The van der Waals surface area contributed by atoms with E-state index in [1.165, 1.54) is 12.1 Å². The lowest BCUT2D eigenvalue weighted by Crippen LogP contribution is -2.04. The summed E-state index contributed by atoms with van der Waals surface area (Å²) in [6.45, 7) is 1.84. The highest BCUT2D eigenvalue weighted by molar-refractivity contribution is 5.35. The zero-order valence-electron chi connectivity index (χ0n) is 9.86. The Kier molecular flexibility index (Phi) is 3.58. The zero-order valence-corrected chi connectivity index (χ0v) is 9.86. The van der Waals surface area contributed by atoms with Crippen molar-refractivity contribution in [2.75, 3.05) is 0 Å². The van der Waals surface area contributed by atoms with Gasteiger partial charge in [0.2, 0.25) is 5.82 Å². The van der Waals surface area contributed by atoms with Crippen LogP contribution in [-0.4, -0.2) is 0 Å². The number of benzene rings is 2. The average Bonchev–Trinajstić information content (AvgIpc) is 2.35. The lowest BCUT2D eigenvalue weighted by atomic mass is 10.1. The molecule has 0 heterocycles. The maximum atomic E-state index is 13.4. The third-order valence-corrected chi connectivity index (χ3v) is 2.53. The average molecular weight is 249 g/mol. The van der Waals surface area contributed by atoms with Gasteiger partial charge in [0, 0.05) is 6.04 Å². The van der Waals surface area contributed by atoms with Gasteiger partial charge >= 0.3 is 0 Å². The molecular weight excluding hydrogens is 236 g/mol. The summed E-state index contributed by atoms with van der Waals surface area (Å²) in [5, 5.41) is 0. The van der Waals surface area contributed by atoms with Crippen molar-refractivity contribution in [1.82, 2.24) is 0 Å².